The molecule has 1 saturated heterocycles. The summed E-state index contributed by atoms with van der Waals surface area (Å²) in [6, 6.07) is 9.63. The van der Waals surface area contributed by atoms with Crippen molar-refractivity contribution in [3.8, 4) is 5.75 Å². The lowest BCUT2D eigenvalue weighted by Gasteiger charge is -2.31. The number of carboxylic acids is 1. The van der Waals surface area contributed by atoms with Crippen molar-refractivity contribution in [2.45, 2.75) is 26.7 Å². The fourth-order valence-corrected chi connectivity index (χ4v) is 3.12. The second-order valence-corrected chi connectivity index (χ2v) is 6.31. The lowest BCUT2D eigenvalue weighted by atomic mass is 9.97. The van der Waals surface area contributed by atoms with Gasteiger partial charge >= 0.3 is 5.97 Å². The van der Waals surface area contributed by atoms with Crippen molar-refractivity contribution in [2.75, 3.05) is 29.9 Å². The minimum atomic E-state index is -0.710. The Kier molecular flexibility index (Phi) is 5.55. The lowest BCUT2D eigenvalue weighted by molar-refractivity contribution is -0.142. The maximum atomic E-state index is 11.1. The topological polar surface area (TPSA) is 87.6 Å². The Bertz CT molecular complexity index is 773. The molecule has 0 unspecified atom stereocenters. The van der Waals surface area contributed by atoms with E-state index in [9.17, 15) is 4.79 Å². The molecule has 138 valence electrons. The molecule has 1 aliphatic heterocycles. The van der Waals surface area contributed by atoms with Gasteiger partial charge in [0, 0.05) is 19.2 Å². The van der Waals surface area contributed by atoms with Crippen LogP contribution < -0.4 is 15.0 Å². The van der Waals surface area contributed by atoms with E-state index in [0.717, 1.165) is 17.3 Å². The van der Waals surface area contributed by atoms with E-state index in [1.807, 2.05) is 44.2 Å². The highest BCUT2D eigenvalue weighted by Gasteiger charge is 2.25. The van der Waals surface area contributed by atoms with E-state index in [4.69, 9.17) is 9.84 Å². The molecule has 7 heteroatoms. The maximum Gasteiger partial charge on any atom is 0.306 e. The van der Waals surface area contributed by atoms with E-state index in [1.54, 1.807) is 0 Å². The molecule has 2 heterocycles. The van der Waals surface area contributed by atoms with Crippen molar-refractivity contribution < 1.29 is 14.6 Å². The van der Waals surface area contributed by atoms with Crippen molar-refractivity contribution in [1.29, 1.82) is 0 Å². The van der Waals surface area contributed by atoms with Gasteiger partial charge in [0.25, 0.3) is 0 Å². The first kappa shape index (κ1) is 18.0. The summed E-state index contributed by atoms with van der Waals surface area (Å²) in [7, 11) is 0. The molecule has 1 aromatic heterocycles. The summed E-state index contributed by atoms with van der Waals surface area (Å²) in [4.78, 5) is 22.2. The van der Waals surface area contributed by atoms with Crippen molar-refractivity contribution in [3.05, 3.63) is 36.2 Å². The van der Waals surface area contributed by atoms with Crippen molar-refractivity contribution in [3.63, 3.8) is 0 Å². The Morgan fingerprint density at radius 3 is 2.73 bits per heavy atom. The van der Waals surface area contributed by atoms with E-state index >= 15 is 0 Å². The largest absolute Gasteiger partial charge is 0.492 e. The molecule has 1 fully saturated rings. The molecule has 1 aliphatic rings. The van der Waals surface area contributed by atoms with Crippen LogP contribution in [0.3, 0.4) is 0 Å². The third-order valence-corrected chi connectivity index (χ3v) is 4.44. The molecule has 2 aromatic rings. The third kappa shape index (κ3) is 4.22. The van der Waals surface area contributed by atoms with Crippen LogP contribution in [0.4, 0.5) is 17.3 Å². The number of aliphatic carboxylic acids is 1. The first-order valence-corrected chi connectivity index (χ1v) is 8.89. The highest BCUT2D eigenvalue weighted by atomic mass is 16.5. The summed E-state index contributed by atoms with van der Waals surface area (Å²) in [5, 5.41) is 12.5. The number of nitrogens with zero attached hydrogens (tertiary/aromatic N) is 3. The zero-order chi connectivity index (χ0) is 18.5. The molecule has 0 radical (unpaired) electrons. The van der Waals surface area contributed by atoms with Crippen LogP contribution in [0.1, 0.15) is 25.6 Å². The predicted molar refractivity (Wildman–Crippen MR) is 100 cm³/mol. The molecule has 0 atom stereocenters. The molecule has 0 spiro atoms. The normalized spacial score (nSPS) is 14.9. The number of nitrogens with one attached hydrogen (secondary N) is 1. The number of aryl methyl sites for hydroxylation is 1. The Labute approximate surface area is 153 Å². The standard InChI is InChI=1S/C19H24N4O3/c1-3-26-16-7-5-4-6-15(16)22-17-12-18(21-13(2)20-17)23-10-8-14(9-11-23)19(24)25/h4-7,12,14H,3,8-11H2,1-2H3,(H,24,25)(H,20,21,22). The smallest absolute Gasteiger partial charge is 0.306 e. The molecule has 3 rings (SSSR count). The fraction of sp³-hybridized carbons (Fsp3) is 0.421. The average molecular weight is 356 g/mol. The molecular formula is C19H24N4O3. The van der Waals surface area contributed by atoms with Crippen LogP contribution in [0.15, 0.2) is 30.3 Å². The second kappa shape index (κ2) is 8.03. The minimum Gasteiger partial charge on any atom is -0.492 e. The van der Waals surface area contributed by atoms with Gasteiger partial charge in [-0.15, -0.1) is 0 Å². The second-order valence-electron chi connectivity index (χ2n) is 6.31. The van der Waals surface area contributed by atoms with Crippen LogP contribution in [0.25, 0.3) is 0 Å². The highest BCUT2D eigenvalue weighted by Crippen LogP contribution is 2.29. The number of ether oxygens (including phenoxy) is 1. The molecule has 0 saturated carbocycles. The van der Waals surface area contributed by atoms with Crippen molar-refractivity contribution in [2.24, 2.45) is 5.92 Å². The molecule has 0 amide bonds. The van der Waals surface area contributed by atoms with Gasteiger partial charge in [0.15, 0.2) is 0 Å². The van der Waals surface area contributed by atoms with Crippen molar-refractivity contribution in [1.82, 2.24) is 9.97 Å². The van der Waals surface area contributed by atoms with Gasteiger partial charge in [0.1, 0.15) is 23.2 Å². The molecular weight excluding hydrogens is 332 g/mol. The summed E-state index contributed by atoms with van der Waals surface area (Å²) in [5.41, 5.74) is 0.850. The number of carbonyl (C=O) groups is 1. The number of anilines is 3. The monoisotopic (exact) mass is 356 g/mol. The van der Waals surface area contributed by atoms with Gasteiger partial charge in [-0.1, -0.05) is 12.1 Å². The van der Waals surface area contributed by atoms with Gasteiger partial charge in [0.2, 0.25) is 0 Å². The summed E-state index contributed by atoms with van der Waals surface area (Å²) in [5.74, 6) is 1.98. The van der Waals surface area contributed by atoms with Gasteiger partial charge < -0.3 is 20.1 Å². The number of piperidine rings is 1. The summed E-state index contributed by atoms with van der Waals surface area (Å²) in [6.07, 6.45) is 1.27. The Balaban J connectivity index is 1.77. The van der Waals surface area contributed by atoms with Crippen LogP contribution in [0, 0.1) is 12.8 Å². The van der Waals surface area contributed by atoms with Gasteiger partial charge in [0.05, 0.1) is 18.2 Å². The summed E-state index contributed by atoms with van der Waals surface area (Å²) in [6.45, 7) is 5.76. The lowest BCUT2D eigenvalue weighted by Crippen LogP contribution is -2.36. The van der Waals surface area contributed by atoms with Crippen LogP contribution in [0.2, 0.25) is 0 Å². The average Bonchev–Trinajstić information content (AvgIpc) is 2.63. The van der Waals surface area contributed by atoms with Crippen molar-refractivity contribution >= 4 is 23.3 Å². The molecule has 1 aromatic carbocycles. The quantitative estimate of drug-likeness (QED) is 0.821. The van der Waals surface area contributed by atoms with Crippen LogP contribution in [-0.4, -0.2) is 40.7 Å². The van der Waals surface area contributed by atoms with Gasteiger partial charge in [-0.25, -0.2) is 9.97 Å². The van der Waals surface area contributed by atoms with Gasteiger partial charge in [-0.2, -0.15) is 0 Å². The number of para-hydroxylation sites is 2. The predicted octanol–water partition coefficient (Wildman–Crippen LogP) is 3.23. The molecule has 0 bridgehead atoms. The first-order chi connectivity index (χ1) is 12.6. The number of hydrogen-bond acceptors (Lipinski definition) is 6. The summed E-state index contributed by atoms with van der Waals surface area (Å²) >= 11 is 0. The highest BCUT2D eigenvalue weighted by molar-refractivity contribution is 5.70. The van der Waals surface area contributed by atoms with Crippen LogP contribution in [-0.2, 0) is 4.79 Å². The third-order valence-electron chi connectivity index (χ3n) is 4.44. The molecule has 7 nitrogen and oxygen atoms in total. The maximum absolute atomic E-state index is 11.1. The SMILES string of the molecule is CCOc1ccccc1Nc1cc(N2CCC(C(=O)O)CC2)nc(C)n1. The molecule has 0 aliphatic carbocycles. The number of hydrogen-bond donors (Lipinski definition) is 2. The number of benzene rings is 1. The van der Waals surface area contributed by atoms with E-state index < -0.39 is 5.97 Å². The molecule has 26 heavy (non-hydrogen) atoms. The van der Waals surface area contributed by atoms with Crippen LogP contribution >= 0.6 is 0 Å². The van der Waals surface area contributed by atoms with E-state index in [1.165, 1.54) is 0 Å². The minimum absolute atomic E-state index is 0.259. The fourth-order valence-electron chi connectivity index (χ4n) is 3.12. The number of aromatic nitrogens is 2. The van der Waals surface area contributed by atoms with E-state index in [0.29, 0.717) is 44.2 Å². The number of rotatable bonds is 6. The molecule has 2 N–H and O–H groups in total. The Hall–Kier alpha value is -2.83. The zero-order valence-electron chi connectivity index (χ0n) is 15.1. The van der Waals surface area contributed by atoms with E-state index in [-0.39, 0.29) is 5.92 Å². The van der Waals surface area contributed by atoms with Crippen LogP contribution in [0.5, 0.6) is 5.75 Å². The Morgan fingerprint density at radius 2 is 2.04 bits per heavy atom. The number of carboxylic acid groups (broad SMARTS) is 1. The first-order valence-electron chi connectivity index (χ1n) is 8.89. The van der Waals surface area contributed by atoms with Gasteiger partial charge in [-0.3, -0.25) is 4.79 Å². The van der Waals surface area contributed by atoms with E-state index in [2.05, 4.69) is 20.2 Å². The zero-order valence-corrected chi connectivity index (χ0v) is 15.1. The van der Waals surface area contributed by atoms with Gasteiger partial charge in [-0.05, 0) is 38.8 Å². The Morgan fingerprint density at radius 1 is 1.31 bits per heavy atom. The summed E-state index contributed by atoms with van der Waals surface area (Å²) < 4.78 is 5.65.